The highest BCUT2D eigenvalue weighted by atomic mass is 16.5. The second kappa shape index (κ2) is 10.3. The van der Waals surface area contributed by atoms with Crippen LogP contribution < -0.4 is 9.47 Å². The van der Waals surface area contributed by atoms with Gasteiger partial charge in [-0.15, -0.1) is 0 Å². The number of rotatable bonds is 7. The van der Waals surface area contributed by atoms with Gasteiger partial charge in [0, 0.05) is 31.7 Å². The number of fused-ring (bicyclic) bond motifs is 1. The molecule has 172 valence electrons. The van der Waals surface area contributed by atoms with Gasteiger partial charge in [0.1, 0.15) is 6.61 Å². The lowest BCUT2D eigenvalue weighted by Gasteiger charge is -2.49. The van der Waals surface area contributed by atoms with Crippen molar-refractivity contribution in [1.29, 1.82) is 0 Å². The Labute approximate surface area is 193 Å². The van der Waals surface area contributed by atoms with Crippen molar-refractivity contribution in [2.24, 2.45) is 5.92 Å². The van der Waals surface area contributed by atoms with Crippen molar-refractivity contribution in [3.8, 4) is 11.5 Å². The van der Waals surface area contributed by atoms with Gasteiger partial charge in [-0.3, -0.25) is 9.80 Å². The first-order chi connectivity index (χ1) is 15.8. The van der Waals surface area contributed by atoms with Crippen LogP contribution in [0.25, 0.3) is 0 Å². The topological polar surface area (TPSA) is 24.9 Å². The Morgan fingerprint density at radius 3 is 2.47 bits per heavy atom. The van der Waals surface area contributed by atoms with E-state index in [4.69, 9.17) is 9.47 Å². The van der Waals surface area contributed by atoms with Gasteiger partial charge in [-0.1, -0.05) is 55.7 Å². The fourth-order valence-electron chi connectivity index (χ4n) is 6.34. The monoisotopic (exact) mass is 434 g/mol. The van der Waals surface area contributed by atoms with Crippen LogP contribution in [-0.4, -0.2) is 48.6 Å². The van der Waals surface area contributed by atoms with E-state index in [1.165, 1.54) is 75.7 Å². The summed E-state index contributed by atoms with van der Waals surface area (Å²) in [6.45, 7) is 5.29. The van der Waals surface area contributed by atoms with Crippen molar-refractivity contribution >= 4 is 0 Å². The minimum Gasteiger partial charge on any atom is -0.493 e. The molecular formula is C28H38N2O2. The highest BCUT2D eigenvalue weighted by Crippen LogP contribution is 2.38. The summed E-state index contributed by atoms with van der Waals surface area (Å²) in [4.78, 5) is 5.60. The van der Waals surface area contributed by atoms with Crippen LogP contribution in [0.4, 0.5) is 0 Å². The number of methoxy groups -OCH3 is 1. The molecule has 2 atom stereocenters. The molecule has 0 radical (unpaired) electrons. The minimum atomic E-state index is 0.562. The van der Waals surface area contributed by atoms with Gasteiger partial charge in [0.15, 0.2) is 11.5 Å². The van der Waals surface area contributed by atoms with Crippen LogP contribution in [0, 0.1) is 5.92 Å². The SMILES string of the molecule is COc1ccc(CN2CCN3CCC[C@H]3[C@@H]2C2CCCCC2)cc1OCc1ccccc1. The maximum atomic E-state index is 6.20. The Hall–Kier alpha value is -2.04. The summed E-state index contributed by atoms with van der Waals surface area (Å²) in [5.74, 6) is 2.53. The number of hydrogen-bond acceptors (Lipinski definition) is 4. The van der Waals surface area contributed by atoms with Gasteiger partial charge in [0.05, 0.1) is 7.11 Å². The van der Waals surface area contributed by atoms with Gasteiger partial charge < -0.3 is 9.47 Å². The smallest absolute Gasteiger partial charge is 0.161 e. The van der Waals surface area contributed by atoms with Crippen molar-refractivity contribution in [3.05, 3.63) is 59.7 Å². The zero-order chi connectivity index (χ0) is 21.8. The first-order valence-electron chi connectivity index (χ1n) is 12.6. The van der Waals surface area contributed by atoms with Crippen molar-refractivity contribution in [1.82, 2.24) is 9.80 Å². The van der Waals surface area contributed by atoms with E-state index in [0.29, 0.717) is 12.6 Å². The van der Waals surface area contributed by atoms with Gasteiger partial charge in [0.25, 0.3) is 0 Å². The van der Waals surface area contributed by atoms with Gasteiger partial charge in [0.2, 0.25) is 0 Å². The fraction of sp³-hybridized carbons (Fsp3) is 0.571. The summed E-state index contributed by atoms with van der Waals surface area (Å²) in [5, 5.41) is 0. The Morgan fingerprint density at radius 2 is 1.66 bits per heavy atom. The molecule has 2 aromatic carbocycles. The number of benzene rings is 2. The molecule has 2 aliphatic heterocycles. The summed E-state index contributed by atoms with van der Waals surface area (Å²) in [6, 6.07) is 18.4. The number of piperazine rings is 1. The highest BCUT2D eigenvalue weighted by Gasteiger charge is 2.42. The van der Waals surface area contributed by atoms with Gasteiger partial charge >= 0.3 is 0 Å². The molecule has 32 heavy (non-hydrogen) atoms. The lowest BCUT2D eigenvalue weighted by atomic mass is 9.78. The van der Waals surface area contributed by atoms with E-state index < -0.39 is 0 Å². The predicted molar refractivity (Wildman–Crippen MR) is 129 cm³/mol. The molecule has 5 rings (SSSR count). The van der Waals surface area contributed by atoms with Crippen molar-refractivity contribution in [2.45, 2.75) is 70.2 Å². The average Bonchev–Trinajstić information content (AvgIpc) is 3.33. The minimum absolute atomic E-state index is 0.562. The second-order valence-corrected chi connectivity index (χ2v) is 9.86. The largest absolute Gasteiger partial charge is 0.493 e. The van der Waals surface area contributed by atoms with E-state index in [9.17, 15) is 0 Å². The maximum Gasteiger partial charge on any atom is 0.161 e. The second-order valence-electron chi connectivity index (χ2n) is 9.86. The Bertz CT molecular complexity index is 865. The maximum absolute atomic E-state index is 6.20. The van der Waals surface area contributed by atoms with E-state index >= 15 is 0 Å². The van der Waals surface area contributed by atoms with E-state index in [1.54, 1.807) is 7.11 Å². The van der Waals surface area contributed by atoms with E-state index in [2.05, 4.69) is 52.3 Å². The third-order valence-electron chi connectivity index (χ3n) is 7.89. The van der Waals surface area contributed by atoms with Crippen LogP contribution in [0.5, 0.6) is 11.5 Å². The van der Waals surface area contributed by atoms with Crippen LogP contribution in [-0.2, 0) is 13.2 Å². The molecule has 0 N–H and O–H groups in total. The molecular weight excluding hydrogens is 396 g/mol. The van der Waals surface area contributed by atoms with Crippen LogP contribution in [0.2, 0.25) is 0 Å². The average molecular weight is 435 g/mol. The molecule has 4 nitrogen and oxygen atoms in total. The van der Waals surface area contributed by atoms with Gasteiger partial charge in [-0.05, 0) is 61.4 Å². The number of hydrogen-bond donors (Lipinski definition) is 0. The van der Waals surface area contributed by atoms with E-state index in [-0.39, 0.29) is 0 Å². The molecule has 2 heterocycles. The van der Waals surface area contributed by atoms with Crippen LogP contribution in [0.1, 0.15) is 56.1 Å². The molecule has 0 bridgehead atoms. The zero-order valence-electron chi connectivity index (χ0n) is 19.5. The van der Waals surface area contributed by atoms with Gasteiger partial charge in [-0.25, -0.2) is 0 Å². The molecule has 1 saturated carbocycles. The summed E-state index contributed by atoms with van der Waals surface area (Å²) in [7, 11) is 1.73. The molecule has 2 saturated heterocycles. The van der Waals surface area contributed by atoms with Crippen LogP contribution >= 0.6 is 0 Å². The lowest BCUT2D eigenvalue weighted by molar-refractivity contribution is -0.00383. The Balaban J connectivity index is 1.33. The molecule has 0 aromatic heterocycles. The lowest BCUT2D eigenvalue weighted by Crippen LogP contribution is -2.59. The van der Waals surface area contributed by atoms with E-state index in [0.717, 1.165) is 30.0 Å². The molecule has 0 amide bonds. The first kappa shape index (κ1) is 21.8. The first-order valence-corrected chi connectivity index (χ1v) is 12.6. The van der Waals surface area contributed by atoms with Crippen LogP contribution in [0.3, 0.4) is 0 Å². The molecule has 2 aromatic rings. The third-order valence-corrected chi connectivity index (χ3v) is 7.89. The van der Waals surface area contributed by atoms with E-state index in [1.807, 2.05) is 6.07 Å². The highest BCUT2D eigenvalue weighted by molar-refractivity contribution is 5.43. The predicted octanol–water partition coefficient (Wildman–Crippen LogP) is 5.50. The van der Waals surface area contributed by atoms with Crippen molar-refractivity contribution in [2.75, 3.05) is 26.7 Å². The Kier molecular flexibility index (Phi) is 6.99. The standard InChI is InChI=1S/C28H38N2O2/c1-31-26-15-14-23(19-27(26)32-21-22-9-4-2-5-10-22)20-30-18-17-29-16-8-13-25(29)28(30)24-11-6-3-7-12-24/h2,4-5,9-10,14-15,19,24-25,28H,3,6-8,11-13,16-18,20-21H2,1H3/t25-,28-/m0/s1. The molecule has 0 spiro atoms. The summed E-state index contributed by atoms with van der Waals surface area (Å²) in [6.07, 6.45) is 9.86. The normalized spacial score (nSPS) is 24.9. The zero-order valence-corrected chi connectivity index (χ0v) is 19.5. The molecule has 1 aliphatic carbocycles. The molecule has 0 unspecified atom stereocenters. The Morgan fingerprint density at radius 1 is 0.812 bits per heavy atom. The van der Waals surface area contributed by atoms with Gasteiger partial charge in [-0.2, -0.15) is 0 Å². The summed E-state index contributed by atoms with van der Waals surface area (Å²) in [5.41, 5.74) is 2.51. The quantitative estimate of drug-likeness (QED) is 0.574. The summed E-state index contributed by atoms with van der Waals surface area (Å²) < 4.78 is 11.8. The molecule has 3 aliphatic rings. The van der Waals surface area contributed by atoms with Crippen molar-refractivity contribution in [3.63, 3.8) is 0 Å². The summed E-state index contributed by atoms with van der Waals surface area (Å²) >= 11 is 0. The third kappa shape index (κ3) is 4.82. The number of ether oxygens (including phenoxy) is 2. The molecule has 4 heteroatoms. The van der Waals surface area contributed by atoms with Crippen LogP contribution in [0.15, 0.2) is 48.5 Å². The van der Waals surface area contributed by atoms with Crippen molar-refractivity contribution < 1.29 is 9.47 Å². The molecule has 3 fully saturated rings. The number of nitrogens with zero attached hydrogens (tertiary/aromatic N) is 2. The fourth-order valence-corrected chi connectivity index (χ4v) is 6.34.